The summed E-state index contributed by atoms with van der Waals surface area (Å²) in [6, 6.07) is 8.87. The van der Waals surface area contributed by atoms with Gasteiger partial charge in [0.25, 0.3) is 0 Å². The molecule has 78 valence electrons. The average molecular weight is 233 g/mol. The fraction of sp³-hybridized carbons (Fsp3) is 0.400. The summed E-state index contributed by atoms with van der Waals surface area (Å²) in [6.45, 7) is 1.26. The first-order valence-corrected chi connectivity index (χ1v) is 7.05. The molecule has 1 rings (SSSR count). The molecule has 0 aliphatic carbocycles. The van der Waals surface area contributed by atoms with Crippen molar-refractivity contribution in [3.63, 3.8) is 0 Å². The summed E-state index contributed by atoms with van der Waals surface area (Å²) < 4.78 is 17.1. The van der Waals surface area contributed by atoms with Crippen LogP contribution < -0.4 is 5.30 Å². The molecule has 0 aliphatic rings. The van der Waals surface area contributed by atoms with Crippen LogP contribution in [0.25, 0.3) is 0 Å². The van der Waals surface area contributed by atoms with Crippen molar-refractivity contribution in [1.82, 2.24) is 0 Å². The molecule has 0 amide bonds. The van der Waals surface area contributed by atoms with Gasteiger partial charge in [-0.3, -0.25) is 4.57 Å². The number of halogens is 1. The fourth-order valence-electron chi connectivity index (χ4n) is 0.926. The second-order valence-corrected chi connectivity index (χ2v) is 6.57. The second-order valence-electron chi connectivity index (χ2n) is 3.50. The Morgan fingerprint density at radius 2 is 1.93 bits per heavy atom. The Kier molecular flexibility index (Phi) is 4.18. The number of rotatable bonds is 4. The highest BCUT2D eigenvalue weighted by Crippen LogP contribution is 2.51. The highest BCUT2D eigenvalue weighted by atomic mass is 35.7. The zero-order valence-corrected chi connectivity index (χ0v) is 9.96. The number of hydrogen-bond donors (Lipinski definition) is 0. The van der Waals surface area contributed by atoms with Crippen LogP contribution in [-0.2, 0) is 9.09 Å². The summed E-state index contributed by atoms with van der Waals surface area (Å²) in [5, 5.41) is 0.558. The molecule has 0 heterocycles. The maximum Gasteiger partial charge on any atom is 0.319 e. The molecule has 1 aromatic rings. The SMILES string of the molecule is CC(C)COP(=O)(Cl)c1ccccc1. The Morgan fingerprint density at radius 1 is 1.36 bits per heavy atom. The molecule has 0 saturated carbocycles. The predicted molar refractivity (Wildman–Crippen MR) is 60.3 cm³/mol. The fourth-order valence-corrected chi connectivity index (χ4v) is 2.60. The monoisotopic (exact) mass is 232 g/mol. The van der Waals surface area contributed by atoms with E-state index in [4.69, 9.17) is 15.8 Å². The molecule has 0 N–H and O–H groups in total. The first-order chi connectivity index (χ1) is 6.52. The first kappa shape index (κ1) is 11.8. The van der Waals surface area contributed by atoms with Gasteiger partial charge >= 0.3 is 6.72 Å². The molecule has 0 bridgehead atoms. The lowest BCUT2D eigenvalue weighted by Gasteiger charge is -2.12. The molecule has 14 heavy (non-hydrogen) atoms. The molecule has 0 aliphatic heterocycles. The lowest BCUT2D eigenvalue weighted by Crippen LogP contribution is -2.06. The largest absolute Gasteiger partial charge is 0.319 e. The van der Waals surface area contributed by atoms with E-state index in [1.807, 2.05) is 19.9 Å². The van der Waals surface area contributed by atoms with E-state index in [1.54, 1.807) is 24.3 Å². The molecule has 0 aromatic heterocycles. The second kappa shape index (κ2) is 4.97. The van der Waals surface area contributed by atoms with Gasteiger partial charge < -0.3 is 4.52 Å². The van der Waals surface area contributed by atoms with Gasteiger partial charge in [0.2, 0.25) is 0 Å². The minimum atomic E-state index is -3.13. The van der Waals surface area contributed by atoms with Gasteiger partial charge in [0.15, 0.2) is 0 Å². The molecule has 1 aromatic carbocycles. The summed E-state index contributed by atoms with van der Waals surface area (Å²) in [4.78, 5) is 0. The van der Waals surface area contributed by atoms with E-state index in [0.717, 1.165) is 0 Å². The lowest BCUT2D eigenvalue weighted by atomic mass is 10.2. The molecule has 4 heteroatoms. The molecular weight excluding hydrogens is 219 g/mol. The van der Waals surface area contributed by atoms with Crippen LogP contribution in [0, 0.1) is 5.92 Å². The normalized spacial score (nSPS) is 15.4. The molecule has 0 saturated heterocycles. The maximum atomic E-state index is 11.9. The van der Waals surface area contributed by atoms with Gasteiger partial charge in [-0.1, -0.05) is 32.0 Å². The minimum Gasteiger partial charge on any atom is -0.314 e. The third kappa shape index (κ3) is 3.45. The van der Waals surface area contributed by atoms with Crippen molar-refractivity contribution >= 4 is 23.3 Å². The Bertz CT molecular complexity index is 324. The van der Waals surface area contributed by atoms with Crippen LogP contribution in [0.4, 0.5) is 0 Å². The molecule has 2 nitrogen and oxygen atoms in total. The molecule has 0 fully saturated rings. The van der Waals surface area contributed by atoms with Gasteiger partial charge in [-0.2, -0.15) is 0 Å². The lowest BCUT2D eigenvalue weighted by molar-refractivity contribution is 0.283. The third-order valence-corrected chi connectivity index (χ3v) is 3.91. The van der Waals surface area contributed by atoms with E-state index in [1.165, 1.54) is 0 Å². The predicted octanol–water partition coefficient (Wildman–Crippen LogP) is 3.42. The van der Waals surface area contributed by atoms with E-state index >= 15 is 0 Å². The van der Waals surface area contributed by atoms with Crippen molar-refractivity contribution in [3.05, 3.63) is 30.3 Å². The minimum absolute atomic E-state index is 0.325. The van der Waals surface area contributed by atoms with Gasteiger partial charge in [0, 0.05) is 0 Å². The molecule has 1 atom stereocenters. The molecule has 0 spiro atoms. The zero-order chi connectivity index (χ0) is 10.6. The average Bonchev–Trinajstić information content (AvgIpc) is 2.16. The van der Waals surface area contributed by atoms with E-state index in [2.05, 4.69) is 0 Å². The Labute approximate surface area is 89.5 Å². The summed E-state index contributed by atoms with van der Waals surface area (Å²) >= 11 is 5.84. The molecule has 1 unspecified atom stereocenters. The highest BCUT2D eigenvalue weighted by molar-refractivity contribution is 7.91. The molecular formula is C10H14ClO2P. The van der Waals surface area contributed by atoms with Gasteiger partial charge in [-0.15, -0.1) is 0 Å². The summed E-state index contributed by atoms with van der Waals surface area (Å²) in [6.07, 6.45) is 0. The number of benzene rings is 1. The first-order valence-electron chi connectivity index (χ1n) is 4.52. The van der Waals surface area contributed by atoms with E-state index < -0.39 is 6.72 Å². The number of hydrogen-bond acceptors (Lipinski definition) is 2. The van der Waals surface area contributed by atoms with Gasteiger partial charge in [0.1, 0.15) is 0 Å². The Morgan fingerprint density at radius 3 is 2.43 bits per heavy atom. The summed E-state index contributed by atoms with van der Waals surface area (Å²) in [5.74, 6) is 0.325. The Balaban J connectivity index is 2.71. The van der Waals surface area contributed by atoms with Gasteiger partial charge in [0.05, 0.1) is 11.9 Å². The van der Waals surface area contributed by atoms with Crippen LogP contribution in [0.3, 0.4) is 0 Å². The van der Waals surface area contributed by atoms with Crippen LogP contribution in [0.15, 0.2) is 30.3 Å². The van der Waals surface area contributed by atoms with Crippen molar-refractivity contribution in [2.45, 2.75) is 13.8 Å². The third-order valence-electron chi connectivity index (χ3n) is 1.64. The highest BCUT2D eigenvalue weighted by Gasteiger charge is 2.22. The van der Waals surface area contributed by atoms with E-state index in [-0.39, 0.29) is 0 Å². The van der Waals surface area contributed by atoms with Crippen molar-refractivity contribution in [2.75, 3.05) is 6.61 Å². The van der Waals surface area contributed by atoms with E-state index in [9.17, 15) is 4.57 Å². The van der Waals surface area contributed by atoms with Crippen LogP contribution in [0.5, 0.6) is 0 Å². The standard InChI is InChI=1S/C10H14ClO2P/c1-9(2)8-13-14(11,12)10-6-4-3-5-7-10/h3-7,9H,8H2,1-2H3. The van der Waals surface area contributed by atoms with Gasteiger partial charge in [-0.05, 0) is 29.3 Å². The molecule has 0 radical (unpaired) electrons. The van der Waals surface area contributed by atoms with Crippen molar-refractivity contribution in [3.8, 4) is 0 Å². The van der Waals surface area contributed by atoms with Crippen molar-refractivity contribution in [1.29, 1.82) is 0 Å². The van der Waals surface area contributed by atoms with Crippen LogP contribution in [0.2, 0.25) is 0 Å². The summed E-state index contributed by atoms with van der Waals surface area (Å²) in [5.41, 5.74) is 0. The van der Waals surface area contributed by atoms with Crippen molar-refractivity contribution < 1.29 is 9.09 Å². The van der Waals surface area contributed by atoms with E-state index in [0.29, 0.717) is 17.8 Å². The van der Waals surface area contributed by atoms with Crippen LogP contribution in [-0.4, -0.2) is 6.61 Å². The summed E-state index contributed by atoms with van der Waals surface area (Å²) in [7, 11) is 0. The zero-order valence-electron chi connectivity index (χ0n) is 8.31. The van der Waals surface area contributed by atoms with Crippen LogP contribution in [0.1, 0.15) is 13.8 Å². The van der Waals surface area contributed by atoms with Gasteiger partial charge in [-0.25, -0.2) is 0 Å². The van der Waals surface area contributed by atoms with Crippen LogP contribution >= 0.6 is 18.0 Å². The van der Waals surface area contributed by atoms with Crippen molar-refractivity contribution in [2.24, 2.45) is 5.92 Å². The topological polar surface area (TPSA) is 26.3 Å². The maximum absolute atomic E-state index is 11.9. The quantitative estimate of drug-likeness (QED) is 0.744. The smallest absolute Gasteiger partial charge is 0.314 e. The Hall–Kier alpha value is -0.300.